The fourth-order valence-electron chi connectivity index (χ4n) is 2.45. The van der Waals surface area contributed by atoms with Gasteiger partial charge in [-0.25, -0.2) is 8.42 Å². The van der Waals surface area contributed by atoms with Crippen molar-refractivity contribution in [1.29, 1.82) is 0 Å². The third kappa shape index (κ3) is 4.91. The van der Waals surface area contributed by atoms with Gasteiger partial charge in [0.05, 0.1) is 18.5 Å². The van der Waals surface area contributed by atoms with Crippen molar-refractivity contribution >= 4 is 37.5 Å². The zero-order valence-electron chi connectivity index (χ0n) is 14.3. The number of anilines is 2. The minimum atomic E-state index is -3.69. The van der Waals surface area contributed by atoms with Crippen LogP contribution in [0.1, 0.15) is 12.0 Å². The molecule has 1 aliphatic heterocycles. The molecule has 1 heterocycles. The average Bonchev–Trinajstić information content (AvgIpc) is 2.51. The summed E-state index contributed by atoms with van der Waals surface area (Å²) < 4.78 is 51.5. The van der Waals surface area contributed by atoms with Crippen LogP contribution in [0.4, 0.5) is 11.4 Å². The highest BCUT2D eigenvalue weighted by Crippen LogP contribution is 2.31. The summed E-state index contributed by atoms with van der Waals surface area (Å²) in [5.41, 5.74) is 1.84. The Morgan fingerprint density at radius 2 is 1.92 bits per heavy atom. The highest BCUT2D eigenvalue weighted by Gasteiger charge is 2.24. The second-order valence-electron chi connectivity index (χ2n) is 5.94. The van der Waals surface area contributed by atoms with Crippen LogP contribution in [0.15, 0.2) is 18.2 Å². The molecule has 1 aromatic rings. The molecule has 0 bridgehead atoms. The summed E-state index contributed by atoms with van der Waals surface area (Å²) >= 11 is 0. The molecular formula is C14H22N4O5S2. The minimum Gasteiger partial charge on any atom is -0.325 e. The van der Waals surface area contributed by atoms with Gasteiger partial charge in [0.2, 0.25) is 15.9 Å². The van der Waals surface area contributed by atoms with Gasteiger partial charge in [-0.2, -0.15) is 17.4 Å². The van der Waals surface area contributed by atoms with E-state index in [1.54, 1.807) is 18.2 Å². The lowest BCUT2D eigenvalue weighted by Crippen LogP contribution is -2.40. The van der Waals surface area contributed by atoms with Crippen LogP contribution in [0.3, 0.4) is 0 Å². The van der Waals surface area contributed by atoms with Gasteiger partial charge in [0.15, 0.2) is 0 Å². The van der Waals surface area contributed by atoms with Crippen molar-refractivity contribution in [3.05, 3.63) is 23.8 Å². The zero-order valence-corrected chi connectivity index (χ0v) is 15.9. The number of hydrogen-bond acceptors (Lipinski definition) is 5. The molecule has 1 amide bonds. The van der Waals surface area contributed by atoms with E-state index in [1.165, 1.54) is 18.4 Å². The molecule has 0 aromatic heterocycles. The number of carbonyl (C=O) groups is 1. The van der Waals surface area contributed by atoms with Crippen molar-refractivity contribution < 1.29 is 21.6 Å². The summed E-state index contributed by atoms with van der Waals surface area (Å²) in [4.78, 5) is 11.9. The lowest BCUT2D eigenvalue weighted by atomic mass is 10.0. The first-order valence-electron chi connectivity index (χ1n) is 7.58. The van der Waals surface area contributed by atoms with Crippen LogP contribution in [0.25, 0.3) is 0 Å². The van der Waals surface area contributed by atoms with Gasteiger partial charge in [-0.3, -0.25) is 9.10 Å². The summed E-state index contributed by atoms with van der Waals surface area (Å²) in [7, 11) is -4.39. The van der Waals surface area contributed by atoms with E-state index in [0.29, 0.717) is 17.9 Å². The number of rotatable bonds is 6. The molecule has 0 aliphatic carbocycles. The van der Waals surface area contributed by atoms with E-state index >= 15 is 0 Å². The molecule has 0 unspecified atom stereocenters. The number of nitrogens with one attached hydrogen (secondary N) is 2. The fraction of sp³-hybridized carbons (Fsp3) is 0.500. The Morgan fingerprint density at radius 3 is 2.52 bits per heavy atom. The Morgan fingerprint density at radius 1 is 1.24 bits per heavy atom. The van der Waals surface area contributed by atoms with Gasteiger partial charge in [0.1, 0.15) is 0 Å². The maximum Gasteiger partial charge on any atom is 0.279 e. The Balaban J connectivity index is 2.13. The van der Waals surface area contributed by atoms with Crippen molar-refractivity contribution in [1.82, 2.24) is 9.03 Å². The van der Waals surface area contributed by atoms with E-state index in [1.807, 2.05) is 0 Å². The SMILES string of the molecule is CN(C)S(=O)(=O)NCC(=O)Nc1ccc2c(c1)N(S(C)(=O)=O)CCC2. The number of sulfonamides is 1. The number of benzene rings is 1. The maximum absolute atomic E-state index is 11.9. The van der Waals surface area contributed by atoms with Crippen LogP contribution in [0, 0.1) is 0 Å². The van der Waals surface area contributed by atoms with E-state index in [0.717, 1.165) is 29.0 Å². The summed E-state index contributed by atoms with van der Waals surface area (Å²) in [6.07, 6.45) is 2.64. The third-order valence-corrected chi connectivity index (χ3v) is 6.39. The number of fused-ring (bicyclic) bond motifs is 1. The van der Waals surface area contributed by atoms with Crippen LogP contribution in [0.2, 0.25) is 0 Å². The molecule has 2 N–H and O–H groups in total. The number of nitrogens with zero attached hydrogens (tertiary/aromatic N) is 2. The number of hydrogen-bond donors (Lipinski definition) is 2. The Kier molecular flexibility index (Phi) is 5.72. The van der Waals surface area contributed by atoms with Crippen LogP contribution < -0.4 is 14.3 Å². The number of carbonyl (C=O) groups excluding carboxylic acids is 1. The Labute approximate surface area is 148 Å². The van der Waals surface area contributed by atoms with E-state index in [2.05, 4.69) is 10.0 Å². The highest BCUT2D eigenvalue weighted by molar-refractivity contribution is 7.92. The van der Waals surface area contributed by atoms with Gasteiger partial charge in [-0.15, -0.1) is 0 Å². The van der Waals surface area contributed by atoms with Crippen molar-refractivity contribution in [2.45, 2.75) is 12.8 Å². The lowest BCUT2D eigenvalue weighted by Gasteiger charge is -2.29. The third-order valence-electron chi connectivity index (χ3n) is 3.74. The maximum atomic E-state index is 11.9. The molecule has 2 rings (SSSR count). The summed E-state index contributed by atoms with van der Waals surface area (Å²) in [6, 6.07) is 5.03. The standard InChI is InChI=1S/C14H22N4O5S2/c1-17(2)25(22,23)15-10-14(19)16-12-7-6-11-5-4-8-18(13(11)9-12)24(3,20)21/h6-7,9,15H,4-5,8,10H2,1-3H3,(H,16,19). The predicted octanol–water partition coefficient (Wildman–Crippen LogP) is -0.267. The molecule has 0 radical (unpaired) electrons. The molecule has 1 aromatic carbocycles. The highest BCUT2D eigenvalue weighted by atomic mass is 32.2. The first-order chi connectivity index (χ1) is 11.5. The molecule has 140 valence electrons. The summed E-state index contributed by atoms with van der Waals surface area (Å²) in [6.45, 7) is -0.0285. The molecule has 0 spiro atoms. The molecule has 0 saturated carbocycles. The lowest BCUT2D eigenvalue weighted by molar-refractivity contribution is -0.115. The van der Waals surface area contributed by atoms with Crippen molar-refractivity contribution in [2.75, 3.05) is 43.1 Å². The first-order valence-corrected chi connectivity index (χ1v) is 10.9. The van der Waals surface area contributed by atoms with Gasteiger partial charge in [-0.05, 0) is 30.5 Å². The van der Waals surface area contributed by atoms with Crippen molar-refractivity contribution in [3.63, 3.8) is 0 Å². The smallest absolute Gasteiger partial charge is 0.279 e. The summed E-state index contributed by atoms with van der Waals surface area (Å²) in [5, 5.41) is 2.57. The number of aryl methyl sites for hydroxylation is 1. The second kappa shape index (κ2) is 7.28. The first kappa shape index (κ1) is 19.6. The second-order valence-corrected chi connectivity index (χ2v) is 9.81. The Bertz CT molecular complexity index is 865. The van der Waals surface area contributed by atoms with Gasteiger partial charge >= 0.3 is 0 Å². The molecule has 1 aliphatic rings. The van der Waals surface area contributed by atoms with Gasteiger partial charge in [0.25, 0.3) is 10.2 Å². The topological polar surface area (TPSA) is 116 Å². The van der Waals surface area contributed by atoms with Gasteiger partial charge in [-0.1, -0.05) is 6.07 Å². The van der Waals surface area contributed by atoms with Crippen LogP contribution in [-0.4, -0.2) is 60.5 Å². The monoisotopic (exact) mass is 390 g/mol. The summed E-state index contributed by atoms with van der Waals surface area (Å²) in [5.74, 6) is -0.549. The molecule has 25 heavy (non-hydrogen) atoms. The molecule has 0 fully saturated rings. The quantitative estimate of drug-likeness (QED) is 0.694. The van der Waals surface area contributed by atoms with Gasteiger partial charge < -0.3 is 5.32 Å². The molecule has 0 saturated heterocycles. The minimum absolute atomic E-state index is 0.395. The van der Waals surface area contributed by atoms with Crippen molar-refractivity contribution in [3.8, 4) is 0 Å². The Hall–Kier alpha value is -1.69. The van der Waals surface area contributed by atoms with E-state index in [-0.39, 0.29) is 0 Å². The molecule has 0 atom stereocenters. The van der Waals surface area contributed by atoms with E-state index < -0.39 is 32.7 Å². The zero-order chi connectivity index (χ0) is 18.8. The largest absolute Gasteiger partial charge is 0.325 e. The molecule has 11 heteroatoms. The average molecular weight is 390 g/mol. The van der Waals surface area contributed by atoms with Crippen molar-refractivity contribution in [2.24, 2.45) is 0 Å². The number of amides is 1. The fourth-order valence-corrected chi connectivity index (χ4v) is 4.01. The molecular weight excluding hydrogens is 368 g/mol. The van der Waals surface area contributed by atoms with Crippen LogP contribution in [0.5, 0.6) is 0 Å². The van der Waals surface area contributed by atoms with E-state index in [4.69, 9.17) is 0 Å². The van der Waals surface area contributed by atoms with Gasteiger partial charge in [0, 0.05) is 26.3 Å². The predicted molar refractivity (Wildman–Crippen MR) is 96.2 cm³/mol. The van der Waals surface area contributed by atoms with Crippen LogP contribution >= 0.6 is 0 Å². The van der Waals surface area contributed by atoms with Crippen LogP contribution in [-0.2, 0) is 31.4 Å². The van der Waals surface area contributed by atoms with E-state index in [9.17, 15) is 21.6 Å². The molecule has 9 nitrogen and oxygen atoms in total. The normalized spacial score (nSPS) is 15.1.